The van der Waals surface area contributed by atoms with Crippen molar-refractivity contribution in [2.45, 2.75) is 63.1 Å². The van der Waals surface area contributed by atoms with Gasteiger partial charge in [-0.25, -0.2) is 4.98 Å². The lowest BCUT2D eigenvalue weighted by Gasteiger charge is -2.21. The SMILES string of the molecule is Cc1sc2nc(CSC(C)C(=O)NC(Cc3ccccc3)C(=O)NC3CC3)[nH]c(=O)c2c1C. The fraction of sp³-hybridized carbons (Fsp3) is 0.417. The van der Waals surface area contributed by atoms with E-state index in [9.17, 15) is 14.4 Å². The molecule has 1 saturated carbocycles. The summed E-state index contributed by atoms with van der Waals surface area (Å²) in [5, 5.41) is 6.15. The molecule has 9 heteroatoms. The number of aromatic nitrogens is 2. The van der Waals surface area contributed by atoms with Crippen LogP contribution in [0.1, 0.15) is 41.6 Å². The third kappa shape index (κ3) is 5.83. The van der Waals surface area contributed by atoms with E-state index in [2.05, 4.69) is 20.6 Å². The summed E-state index contributed by atoms with van der Waals surface area (Å²) in [6.45, 7) is 5.71. The molecule has 2 atom stereocenters. The Morgan fingerprint density at radius 1 is 1.21 bits per heavy atom. The van der Waals surface area contributed by atoms with Crippen molar-refractivity contribution in [1.29, 1.82) is 0 Å². The van der Waals surface area contributed by atoms with Crippen LogP contribution >= 0.6 is 23.1 Å². The summed E-state index contributed by atoms with van der Waals surface area (Å²) in [6, 6.07) is 9.27. The van der Waals surface area contributed by atoms with Gasteiger partial charge in [-0.3, -0.25) is 14.4 Å². The Bertz CT molecular complexity index is 1220. The Labute approximate surface area is 200 Å². The van der Waals surface area contributed by atoms with Gasteiger partial charge in [-0.15, -0.1) is 23.1 Å². The summed E-state index contributed by atoms with van der Waals surface area (Å²) in [5.74, 6) is 0.587. The maximum absolute atomic E-state index is 12.9. The molecule has 0 saturated heterocycles. The number of hydrogen-bond donors (Lipinski definition) is 3. The normalized spacial score (nSPS) is 15.2. The number of amides is 2. The molecule has 1 aromatic carbocycles. The van der Waals surface area contributed by atoms with E-state index in [1.165, 1.54) is 23.1 Å². The zero-order valence-electron chi connectivity index (χ0n) is 18.9. The zero-order valence-corrected chi connectivity index (χ0v) is 20.6. The standard InChI is InChI=1S/C24H28N4O3S2/c1-13-14(2)33-24-20(13)23(31)27-19(28-24)12-32-15(3)21(29)26-18(22(30)25-17-9-10-17)11-16-7-5-4-6-8-16/h4-8,15,17-18H,9-12H2,1-3H3,(H,25,30)(H,26,29)(H,27,28,31). The number of fused-ring (bicyclic) bond motifs is 1. The highest BCUT2D eigenvalue weighted by Gasteiger charge is 2.29. The van der Waals surface area contributed by atoms with Gasteiger partial charge < -0.3 is 15.6 Å². The van der Waals surface area contributed by atoms with E-state index in [0.29, 0.717) is 23.4 Å². The number of benzene rings is 1. The van der Waals surface area contributed by atoms with E-state index < -0.39 is 11.3 Å². The van der Waals surface area contributed by atoms with E-state index >= 15 is 0 Å². The lowest BCUT2D eigenvalue weighted by atomic mass is 10.0. The fourth-order valence-corrected chi connectivity index (χ4v) is 5.34. The van der Waals surface area contributed by atoms with Gasteiger partial charge in [0, 0.05) is 17.3 Å². The summed E-state index contributed by atoms with van der Waals surface area (Å²) >= 11 is 2.89. The van der Waals surface area contributed by atoms with E-state index in [0.717, 1.165) is 33.7 Å². The minimum Gasteiger partial charge on any atom is -0.352 e. The summed E-state index contributed by atoms with van der Waals surface area (Å²) < 4.78 is 0. The van der Waals surface area contributed by atoms with Crippen molar-refractivity contribution in [2.75, 3.05) is 0 Å². The first-order valence-electron chi connectivity index (χ1n) is 11.1. The molecule has 0 aliphatic heterocycles. The van der Waals surface area contributed by atoms with Gasteiger partial charge in [0.25, 0.3) is 5.56 Å². The summed E-state index contributed by atoms with van der Waals surface area (Å²) in [6.07, 6.45) is 2.41. The molecule has 2 amide bonds. The largest absolute Gasteiger partial charge is 0.352 e. The number of carbonyl (C=O) groups is 2. The Kier molecular flexibility index (Phi) is 7.19. The van der Waals surface area contributed by atoms with Gasteiger partial charge in [-0.05, 0) is 44.7 Å². The van der Waals surface area contributed by atoms with E-state index in [1.54, 1.807) is 6.92 Å². The van der Waals surface area contributed by atoms with Crippen LogP contribution in [0.4, 0.5) is 0 Å². The first kappa shape index (κ1) is 23.5. The molecule has 2 aromatic heterocycles. The molecule has 2 unspecified atom stereocenters. The molecule has 0 bridgehead atoms. The first-order chi connectivity index (χ1) is 15.8. The molecule has 7 nitrogen and oxygen atoms in total. The average Bonchev–Trinajstić information content (AvgIpc) is 3.55. The number of thioether (sulfide) groups is 1. The Balaban J connectivity index is 1.39. The molecule has 33 heavy (non-hydrogen) atoms. The number of hydrogen-bond acceptors (Lipinski definition) is 6. The second kappa shape index (κ2) is 10.1. The molecule has 174 valence electrons. The van der Waals surface area contributed by atoms with Gasteiger partial charge in [0.1, 0.15) is 16.7 Å². The molecule has 2 heterocycles. The molecule has 4 rings (SSSR count). The smallest absolute Gasteiger partial charge is 0.259 e. The number of H-pyrrole nitrogens is 1. The van der Waals surface area contributed by atoms with Crippen molar-refractivity contribution in [3.63, 3.8) is 0 Å². The fourth-order valence-electron chi connectivity index (χ4n) is 3.52. The molecule has 3 N–H and O–H groups in total. The summed E-state index contributed by atoms with van der Waals surface area (Å²) in [4.78, 5) is 47.3. The molecule has 0 spiro atoms. The Hall–Kier alpha value is -2.65. The predicted molar refractivity (Wildman–Crippen MR) is 134 cm³/mol. The van der Waals surface area contributed by atoms with Gasteiger partial charge in [-0.1, -0.05) is 30.3 Å². The van der Waals surface area contributed by atoms with Crippen molar-refractivity contribution in [3.05, 3.63) is 62.5 Å². The van der Waals surface area contributed by atoms with Crippen LogP contribution in [-0.4, -0.2) is 39.1 Å². The van der Waals surface area contributed by atoms with Crippen LogP contribution in [0.15, 0.2) is 35.1 Å². The van der Waals surface area contributed by atoms with Gasteiger partial charge in [-0.2, -0.15) is 0 Å². The minimum atomic E-state index is -0.630. The highest BCUT2D eigenvalue weighted by atomic mass is 32.2. The predicted octanol–water partition coefficient (Wildman–Crippen LogP) is 3.23. The van der Waals surface area contributed by atoms with Gasteiger partial charge >= 0.3 is 0 Å². The first-order valence-corrected chi connectivity index (χ1v) is 12.9. The molecule has 0 radical (unpaired) electrons. The highest BCUT2D eigenvalue weighted by Crippen LogP contribution is 2.26. The van der Waals surface area contributed by atoms with E-state index in [-0.39, 0.29) is 23.4 Å². The lowest BCUT2D eigenvalue weighted by Crippen LogP contribution is -2.50. The quantitative estimate of drug-likeness (QED) is 0.433. The number of nitrogens with zero attached hydrogens (tertiary/aromatic N) is 1. The van der Waals surface area contributed by atoms with Crippen molar-refractivity contribution in [1.82, 2.24) is 20.6 Å². The van der Waals surface area contributed by atoms with Gasteiger partial charge in [0.2, 0.25) is 11.8 Å². The molecule has 3 aromatic rings. The Morgan fingerprint density at radius 3 is 2.64 bits per heavy atom. The van der Waals surface area contributed by atoms with Gasteiger partial charge in [0.05, 0.1) is 16.4 Å². The maximum Gasteiger partial charge on any atom is 0.259 e. The number of nitrogens with one attached hydrogen (secondary N) is 3. The summed E-state index contributed by atoms with van der Waals surface area (Å²) in [5.41, 5.74) is 1.81. The maximum atomic E-state index is 12.9. The van der Waals surface area contributed by atoms with Crippen LogP contribution in [0.25, 0.3) is 10.2 Å². The monoisotopic (exact) mass is 484 g/mol. The molecular formula is C24H28N4O3S2. The zero-order chi connectivity index (χ0) is 23.5. The second-order valence-electron chi connectivity index (χ2n) is 8.46. The van der Waals surface area contributed by atoms with Crippen LogP contribution in [-0.2, 0) is 21.8 Å². The van der Waals surface area contributed by atoms with Crippen molar-refractivity contribution >= 4 is 45.1 Å². The number of aromatic amines is 1. The van der Waals surface area contributed by atoms with Crippen LogP contribution in [0.2, 0.25) is 0 Å². The molecule has 1 aliphatic carbocycles. The molecular weight excluding hydrogens is 456 g/mol. The lowest BCUT2D eigenvalue weighted by molar-refractivity contribution is -0.128. The molecule has 1 fully saturated rings. The van der Waals surface area contributed by atoms with Crippen LogP contribution in [0.3, 0.4) is 0 Å². The van der Waals surface area contributed by atoms with Gasteiger partial charge in [0.15, 0.2) is 0 Å². The number of carbonyl (C=O) groups excluding carboxylic acids is 2. The van der Waals surface area contributed by atoms with Crippen LogP contribution in [0.5, 0.6) is 0 Å². The van der Waals surface area contributed by atoms with Crippen molar-refractivity contribution in [2.24, 2.45) is 0 Å². The minimum absolute atomic E-state index is 0.144. The van der Waals surface area contributed by atoms with Crippen molar-refractivity contribution in [3.8, 4) is 0 Å². The molecule has 1 aliphatic rings. The Morgan fingerprint density at radius 2 is 1.94 bits per heavy atom. The summed E-state index contributed by atoms with van der Waals surface area (Å²) in [7, 11) is 0. The second-order valence-corrected chi connectivity index (χ2v) is 11.0. The van der Waals surface area contributed by atoms with Crippen LogP contribution < -0.4 is 16.2 Å². The van der Waals surface area contributed by atoms with E-state index in [1.807, 2.05) is 44.2 Å². The number of rotatable bonds is 9. The third-order valence-corrected chi connectivity index (χ3v) is 8.02. The topological polar surface area (TPSA) is 104 Å². The number of thiophene rings is 1. The van der Waals surface area contributed by atoms with Crippen LogP contribution in [0, 0.1) is 13.8 Å². The highest BCUT2D eigenvalue weighted by molar-refractivity contribution is 7.99. The number of aryl methyl sites for hydroxylation is 2. The third-order valence-electron chi connectivity index (χ3n) is 5.77. The van der Waals surface area contributed by atoms with E-state index in [4.69, 9.17) is 0 Å². The average molecular weight is 485 g/mol. The van der Waals surface area contributed by atoms with Crippen molar-refractivity contribution < 1.29 is 9.59 Å².